The Morgan fingerprint density at radius 1 is 1.17 bits per heavy atom. The molecule has 1 aromatic carbocycles. The van der Waals surface area contributed by atoms with Gasteiger partial charge in [0.05, 0.1) is 0 Å². The van der Waals surface area contributed by atoms with Gasteiger partial charge >= 0.3 is 5.97 Å². The number of carbonyl (C=O) groups is 1. The van der Waals surface area contributed by atoms with Crippen LogP contribution >= 0.6 is 0 Å². The van der Waals surface area contributed by atoms with Crippen LogP contribution in [0.1, 0.15) is 37.7 Å². The predicted octanol–water partition coefficient (Wildman–Crippen LogP) is 3.22. The van der Waals surface area contributed by atoms with E-state index in [0.29, 0.717) is 0 Å². The van der Waals surface area contributed by atoms with Crippen LogP contribution in [0.15, 0.2) is 24.3 Å². The van der Waals surface area contributed by atoms with Gasteiger partial charge in [-0.1, -0.05) is 37.0 Å². The van der Waals surface area contributed by atoms with Gasteiger partial charge in [-0.15, -0.1) is 0 Å². The summed E-state index contributed by atoms with van der Waals surface area (Å²) in [5.74, 6) is -0.690. The normalized spacial score (nSPS) is 18.3. The standard InChI is InChI=1S/C15H21NO2/c1-12-6-8-13(9-7-12)16(2)15(14(17)18)10-4-3-5-11-15/h6-9H,3-5,10-11H2,1-2H3,(H,17,18). The van der Waals surface area contributed by atoms with Gasteiger partial charge in [0.2, 0.25) is 0 Å². The molecule has 1 saturated carbocycles. The molecule has 0 amide bonds. The van der Waals surface area contributed by atoms with Gasteiger partial charge in [-0.3, -0.25) is 0 Å². The zero-order valence-corrected chi connectivity index (χ0v) is 11.1. The second-order valence-electron chi connectivity index (χ2n) is 5.29. The van der Waals surface area contributed by atoms with E-state index in [0.717, 1.165) is 37.8 Å². The number of carboxylic acid groups (broad SMARTS) is 1. The summed E-state index contributed by atoms with van der Waals surface area (Å²) in [6.07, 6.45) is 4.64. The van der Waals surface area contributed by atoms with Crippen molar-refractivity contribution in [3.8, 4) is 0 Å². The van der Waals surface area contributed by atoms with Gasteiger partial charge in [0.15, 0.2) is 0 Å². The first-order valence-electron chi connectivity index (χ1n) is 6.60. The molecule has 0 aromatic heterocycles. The van der Waals surface area contributed by atoms with E-state index in [-0.39, 0.29) is 0 Å². The summed E-state index contributed by atoms with van der Waals surface area (Å²) >= 11 is 0. The summed E-state index contributed by atoms with van der Waals surface area (Å²) in [5, 5.41) is 9.63. The van der Waals surface area contributed by atoms with Crippen molar-refractivity contribution < 1.29 is 9.90 Å². The van der Waals surface area contributed by atoms with E-state index in [1.165, 1.54) is 5.56 Å². The van der Waals surface area contributed by atoms with Crippen molar-refractivity contribution in [2.24, 2.45) is 0 Å². The molecule has 1 aliphatic carbocycles. The van der Waals surface area contributed by atoms with Crippen LogP contribution < -0.4 is 4.90 Å². The summed E-state index contributed by atoms with van der Waals surface area (Å²) in [6.45, 7) is 2.04. The van der Waals surface area contributed by atoms with Crippen molar-refractivity contribution in [3.05, 3.63) is 29.8 Å². The molecule has 1 N–H and O–H groups in total. The molecular formula is C15H21NO2. The third kappa shape index (κ3) is 2.22. The Hall–Kier alpha value is -1.51. The molecule has 0 heterocycles. The van der Waals surface area contributed by atoms with E-state index < -0.39 is 11.5 Å². The average Bonchev–Trinajstić information content (AvgIpc) is 2.39. The third-order valence-electron chi connectivity index (χ3n) is 4.14. The number of hydrogen-bond acceptors (Lipinski definition) is 2. The minimum Gasteiger partial charge on any atom is -0.479 e. The minimum absolute atomic E-state index is 0.690. The molecule has 0 aliphatic heterocycles. The van der Waals surface area contributed by atoms with Gasteiger partial charge in [-0.05, 0) is 31.9 Å². The van der Waals surface area contributed by atoms with Crippen LogP contribution in [0.3, 0.4) is 0 Å². The SMILES string of the molecule is Cc1ccc(N(C)C2(C(=O)O)CCCCC2)cc1. The molecule has 0 spiro atoms. The topological polar surface area (TPSA) is 40.5 Å². The first-order chi connectivity index (χ1) is 8.56. The maximum Gasteiger partial charge on any atom is 0.329 e. The number of aliphatic carboxylic acids is 1. The fourth-order valence-corrected chi connectivity index (χ4v) is 2.84. The van der Waals surface area contributed by atoms with Gasteiger partial charge in [0.1, 0.15) is 5.54 Å². The van der Waals surface area contributed by atoms with E-state index >= 15 is 0 Å². The lowest BCUT2D eigenvalue weighted by Gasteiger charge is -2.42. The number of hydrogen-bond donors (Lipinski definition) is 1. The fraction of sp³-hybridized carbons (Fsp3) is 0.533. The van der Waals surface area contributed by atoms with E-state index in [9.17, 15) is 9.90 Å². The summed E-state index contributed by atoms with van der Waals surface area (Å²) in [6, 6.07) is 8.08. The largest absolute Gasteiger partial charge is 0.479 e. The lowest BCUT2D eigenvalue weighted by atomic mass is 9.80. The Balaban J connectivity index is 2.30. The molecule has 1 aliphatic rings. The second-order valence-corrected chi connectivity index (χ2v) is 5.29. The smallest absolute Gasteiger partial charge is 0.329 e. The Kier molecular flexibility index (Phi) is 3.60. The van der Waals surface area contributed by atoms with Crippen LogP contribution in [0.5, 0.6) is 0 Å². The first kappa shape index (κ1) is 12.9. The molecule has 3 heteroatoms. The maximum absolute atomic E-state index is 11.7. The molecular weight excluding hydrogens is 226 g/mol. The van der Waals surface area contributed by atoms with Crippen molar-refractivity contribution in [1.29, 1.82) is 0 Å². The summed E-state index contributed by atoms with van der Waals surface area (Å²) in [4.78, 5) is 13.7. The number of rotatable bonds is 3. The van der Waals surface area contributed by atoms with E-state index in [2.05, 4.69) is 0 Å². The molecule has 3 nitrogen and oxygen atoms in total. The van der Waals surface area contributed by atoms with Crippen LogP contribution in [0, 0.1) is 6.92 Å². The number of likely N-dealkylation sites (N-methyl/N-ethyl adjacent to an activating group) is 1. The number of aryl methyl sites for hydroxylation is 1. The van der Waals surface area contributed by atoms with E-state index in [4.69, 9.17) is 0 Å². The third-order valence-corrected chi connectivity index (χ3v) is 4.14. The highest BCUT2D eigenvalue weighted by molar-refractivity contribution is 5.83. The molecule has 2 rings (SSSR count). The van der Waals surface area contributed by atoms with Crippen LogP contribution in [0.25, 0.3) is 0 Å². The van der Waals surface area contributed by atoms with Crippen molar-refractivity contribution >= 4 is 11.7 Å². The highest BCUT2D eigenvalue weighted by Gasteiger charge is 2.43. The lowest BCUT2D eigenvalue weighted by Crippen LogP contribution is -2.54. The zero-order chi connectivity index (χ0) is 13.2. The minimum atomic E-state index is -0.715. The Morgan fingerprint density at radius 2 is 1.72 bits per heavy atom. The van der Waals surface area contributed by atoms with Gasteiger partial charge < -0.3 is 10.0 Å². The van der Waals surface area contributed by atoms with Crippen molar-refractivity contribution in [2.75, 3.05) is 11.9 Å². The van der Waals surface area contributed by atoms with Crippen molar-refractivity contribution in [3.63, 3.8) is 0 Å². The number of benzene rings is 1. The molecule has 0 unspecified atom stereocenters. The Bertz CT molecular complexity index is 419. The quantitative estimate of drug-likeness (QED) is 0.891. The predicted molar refractivity (Wildman–Crippen MR) is 73.0 cm³/mol. The lowest BCUT2D eigenvalue weighted by molar-refractivity contribution is -0.144. The van der Waals surface area contributed by atoms with E-state index in [1.54, 1.807) is 0 Å². The molecule has 98 valence electrons. The van der Waals surface area contributed by atoms with Gasteiger partial charge in [-0.2, -0.15) is 0 Å². The summed E-state index contributed by atoms with van der Waals surface area (Å²) < 4.78 is 0. The van der Waals surface area contributed by atoms with Crippen molar-refractivity contribution in [2.45, 2.75) is 44.6 Å². The number of anilines is 1. The summed E-state index contributed by atoms with van der Waals surface area (Å²) in [7, 11) is 1.91. The van der Waals surface area contributed by atoms with Gasteiger partial charge in [-0.25, -0.2) is 4.79 Å². The first-order valence-corrected chi connectivity index (χ1v) is 6.60. The molecule has 1 aromatic rings. The van der Waals surface area contributed by atoms with Gasteiger partial charge in [0, 0.05) is 12.7 Å². The molecule has 0 atom stereocenters. The summed E-state index contributed by atoms with van der Waals surface area (Å²) in [5.41, 5.74) is 1.47. The van der Waals surface area contributed by atoms with Crippen LogP contribution in [0.2, 0.25) is 0 Å². The monoisotopic (exact) mass is 247 g/mol. The Morgan fingerprint density at radius 3 is 2.22 bits per heavy atom. The van der Waals surface area contributed by atoms with Crippen molar-refractivity contribution in [1.82, 2.24) is 0 Å². The average molecular weight is 247 g/mol. The van der Waals surface area contributed by atoms with Crippen LogP contribution in [0.4, 0.5) is 5.69 Å². The molecule has 1 fully saturated rings. The van der Waals surface area contributed by atoms with Gasteiger partial charge in [0.25, 0.3) is 0 Å². The zero-order valence-electron chi connectivity index (χ0n) is 11.1. The second kappa shape index (κ2) is 5.01. The van der Waals surface area contributed by atoms with E-state index in [1.807, 2.05) is 43.1 Å². The Labute approximate surface area is 108 Å². The fourth-order valence-electron chi connectivity index (χ4n) is 2.84. The highest BCUT2D eigenvalue weighted by atomic mass is 16.4. The maximum atomic E-state index is 11.7. The molecule has 0 radical (unpaired) electrons. The number of nitrogens with zero attached hydrogens (tertiary/aromatic N) is 1. The van der Waals surface area contributed by atoms with Crippen LogP contribution in [-0.4, -0.2) is 23.7 Å². The molecule has 0 bridgehead atoms. The number of carboxylic acids is 1. The van der Waals surface area contributed by atoms with Crippen LogP contribution in [-0.2, 0) is 4.79 Å². The molecule has 0 saturated heterocycles. The highest BCUT2D eigenvalue weighted by Crippen LogP contribution is 2.36. The molecule has 18 heavy (non-hydrogen) atoms.